The van der Waals surface area contributed by atoms with Gasteiger partial charge in [0.1, 0.15) is 12.4 Å². The zero-order valence-corrected chi connectivity index (χ0v) is 17.1. The van der Waals surface area contributed by atoms with Crippen LogP contribution in [0.4, 0.5) is 0 Å². The van der Waals surface area contributed by atoms with Gasteiger partial charge in [-0.05, 0) is 50.2 Å². The van der Waals surface area contributed by atoms with Crippen LogP contribution in [0.3, 0.4) is 0 Å². The van der Waals surface area contributed by atoms with E-state index in [1.165, 1.54) is 45.3 Å². The van der Waals surface area contributed by atoms with Crippen molar-refractivity contribution < 1.29 is 27.5 Å². The van der Waals surface area contributed by atoms with Crippen molar-refractivity contribution in [2.75, 3.05) is 20.7 Å². The van der Waals surface area contributed by atoms with Gasteiger partial charge >= 0.3 is 5.97 Å². The van der Waals surface area contributed by atoms with E-state index in [-0.39, 0.29) is 22.8 Å². The van der Waals surface area contributed by atoms with Crippen molar-refractivity contribution in [3.05, 3.63) is 59.2 Å². The fourth-order valence-electron chi connectivity index (χ4n) is 2.43. The summed E-state index contributed by atoms with van der Waals surface area (Å²) in [5.41, 5.74) is 1.15. The van der Waals surface area contributed by atoms with Crippen LogP contribution in [-0.4, -0.2) is 45.2 Å². The SMILES string of the molecule is CCOc1ccc(C(C)=O)cc1COC(=O)c1cccc(S(=O)(=O)N(C)C)c1. The maximum Gasteiger partial charge on any atom is 0.338 e. The predicted octanol–water partition coefficient (Wildman–Crippen LogP) is 2.90. The topological polar surface area (TPSA) is 90.0 Å². The third kappa shape index (κ3) is 4.96. The van der Waals surface area contributed by atoms with Gasteiger partial charge in [-0.2, -0.15) is 0 Å². The molecule has 28 heavy (non-hydrogen) atoms. The molecule has 0 unspecified atom stereocenters. The first-order valence-electron chi connectivity index (χ1n) is 8.63. The highest BCUT2D eigenvalue weighted by atomic mass is 32.2. The molecule has 0 saturated carbocycles. The highest BCUT2D eigenvalue weighted by Gasteiger charge is 2.19. The number of ketones is 1. The van der Waals surface area contributed by atoms with E-state index in [0.717, 1.165) is 4.31 Å². The van der Waals surface area contributed by atoms with E-state index in [4.69, 9.17) is 9.47 Å². The molecule has 0 aliphatic carbocycles. The molecule has 0 bridgehead atoms. The number of ether oxygens (including phenoxy) is 2. The molecular weight excluding hydrogens is 382 g/mol. The van der Waals surface area contributed by atoms with Gasteiger partial charge in [-0.3, -0.25) is 4.79 Å². The lowest BCUT2D eigenvalue weighted by molar-refractivity contribution is 0.0469. The van der Waals surface area contributed by atoms with Crippen molar-refractivity contribution in [3.8, 4) is 5.75 Å². The quantitative estimate of drug-likeness (QED) is 0.495. The third-order valence-corrected chi connectivity index (χ3v) is 5.79. The zero-order valence-electron chi connectivity index (χ0n) is 16.3. The summed E-state index contributed by atoms with van der Waals surface area (Å²) in [4.78, 5) is 24.0. The molecule has 7 nitrogen and oxygen atoms in total. The molecule has 0 aliphatic rings. The van der Waals surface area contributed by atoms with E-state index in [0.29, 0.717) is 23.5 Å². The van der Waals surface area contributed by atoms with Crippen LogP contribution in [0.1, 0.15) is 40.1 Å². The third-order valence-electron chi connectivity index (χ3n) is 3.97. The maximum atomic E-state index is 12.4. The summed E-state index contributed by atoms with van der Waals surface area (Å²) in [6.45, 7) is 3.58. The molecule has 0 heterocycles. The molecule has 0 saturated heterocycles. The van der Waals surface area contributed by atoms with Gasteiger partial charge in [0.2, 0.25) is 10.0 Å². The molecule has 2 aromatic carbocycles. The summed E-state index contributed by atoms with van der Waals surface area (Å²) in [6, 6.07) is 10.6. The zero-order chi connectivity index (χ0) is 20.9. The standard InChI is InChI=1S/C20H23NO6S/c1-5-26-19-10-9-15(14(2)22)11-17(19)13-27-20(23)16-7-6-8-18(12-16)28(24,25)21(3)4/h6-12H,5,13H2,1-4H3. The van der Waals surface area contributed by atoms with Gasteiger partial charge in [0.25, 0.3) is 0 Å². The van der Waals surface area contributed by atoms with E-state index >= 15 is 0 Å². The van der Waals surface area contributed by atoms with Crippen LogP contribution in [0.25, 0.3) is 0 Å². The number of benzene rings is 2. The van der Waals surface area contributed by atoms with Crippen molar-refractivity contribution >= 4 is 21.8 Å². The Morgan fingerprint density at radius 3 is 2.36 bits per heavy atom. The largest absolute Gasteiger partial charge is 0.493 e. The predicted molar refractivity (Wildman–Crippen MR) is 104 cm³/mol. The summed E-state index contributed by atoms with van der Waals surface area (Å²) in [7, 11) is -0.833. The first-order valence-corrected chi connectivity index (χ1v) is 10.1. The van der Waals surface area contributed by atoms with Gasteiger partial charge < -0.3 is 9.47 Å². The molecule has 0 radical (unpaired) electrons. The van der Waals surface area contributed by atoms with Gasteiger partial charge in [-0.25, -0.2) is 17.5 Å². The van der Waals surface area contributed by atoms with Crippen molar-refractivity contribution in [2.24, 2.45) is 0 Å². The van der Waals surface area contributed by atoms with Crippen molar-refractivity contribution in [3.63, 3.8) is 0 Å². The summed E-state index contributed by atoms with van der Waals surface area (Å²) in [5, 5.41) is 0. The second kappa shape index (κ2) is 8.99. The van der Waals surface area contributed by atoms with E-state index in [1.54, 1.807) is 18.2 Å². The Hall–Kier alpha value is -2.71. The minimum atomic E-state index is -3.66. The van der Waals surface area contributed by atoms with Crippen LogP contribution in [0, 0.1) is 0 Å². The lowest BCUT2D eigenvalue weighted by Gasteiger charge is -2.13. The van der Waals surface area contributed by atoms with Gasteiger partial charge in [0.05, 0.1) is 17.1 Å². The van der Waals surface area contributed by atoms with Crippen LogP contribution in [0.2, 0.25) is 0 Å². The highest BCUT2D eigenvalue weighted by Crippen LogP contribution is 2.23. The molecule has 0 fully saturated rings. The molecule has 0 amide bonds. The summed E-state index contributed by atoms with van der Waals surface area (Å²) in [6.07, 6.45) is 0. The fraction of sp³-hybridized carbons (Fsp3) is 0.300. The molecule has 2 rings (SSSR count). The van der Waals surface area contributed by atoms with Gasteiger partial charge in [0, 0.05) is 25.2 Å². The maximum absolute atomic E-state index is 12.4. The van der Waals surface area contributed by atoms with Crippen LogP contribution in [0.5, 0.6) is 5.75 Å². The molecule has 0 N–H and O–H groups in total. The van der Waals surface area contributed by atoms with Crippen LogP contribution < -0.4 is 4.74 Å². The Balaban J connectivity index is 2.23. The molecule has 0 aromatic heterocycles. The van der Waals surface area contributed by atoms with Crippen LogP contribution >= 0.6 is 0 Å². The van der Waals surface area contributed by atoms with E-state index in [9.17, 15) is 18.0 Å². The molecular formula is C20H23NO6S. The number of hydrogen-bond acceptors (Lipinski definition) is 6. The monoisotopic (exact) mass is 405 g/mol. The number of carbonyl (C=O) groups is 2. The van der Waals surface area contributed by atoms with Crippen molar-refractivity contribution in [2.45, 2.75) is 25.3 Å². The number of Topliss-reactive ketones (excluding diaryl/α,β-unsaturated/α-hetero) is 1. The molecule has 0 aliphatic heterocycles. The number of hydrogen-bond donors (Lipinski definition) is 0. The molecule has 0 atom stereocenters. The van der Waals surface area contributed by atoms with Crippen molar-refractivity contribution in [1.29, 1.82) is 0 Å². The number of esters is 1. The summed E-state index contributed by atoms with van der Waals surface area (Å²) < 4.78 is 36.4. The second-order valence-electron chi connectivity index (χ2n) is 6.20. The smallest absolute Gasteiger partial charge is 0.338 e. The Kier molecular flexibility index (Phi) is 6.93. The Labute approximate surface area is 164 Å². The van der Waals surface area contributed by atoms with Crippen molar-refractivity contribution in [1.82, 2.24) is 4.31 Å². The normalized spacial score (nSPS) is 11.3. The average Bonchev–Trinajstić information content (AvgIpc) is 2.66. The number of nitrogens with zero attached hydrogens (tertiary/aromatic N) is 1. The molecule has 150 valence electrons. The van der Waals surface area contributed by atoms with Crippen LogP contribution in [0.15, 0.2) is 47.4 Å². The summed E-state index contributed by atoms with van der Waals surface area (Å²) in [5.74, 6) is -0.270. The second-order valence-corrected chi connectivity index (χ2v) is 8.35. The lowest BCUT2D eigenvalue weighted by atomic mass is 10.1. The Morgan fingerprint density at radius 1 is 1.04 bits per heavy atom. The van der Waals surface area contributed by atoms with Gasteiger partial charge in [-0.15, -0.1) is 0 Å². The highest BCUT2D eigenvalue weighted by molar-refractivity contribution is 7.89. The van der Waals surface area contributed by atoms with Gasteiger partial charge in [-0.1, -0.05) is 6.07 Å². The number of sulfonamides is 1. The first-order chi connectivity index (χ1) is 13.2. The molecule has 0 spiro atoms. The van der Waals surface area contributed by atoms with Gasteiger partial charge in [0.15, 0.2) is 5.78 Å². The van der Waals surface area contributed by atoms with E-state index in [2.05, 4.69) is 0 Å². The molecule has 8 heteroatoms. The van der Waals surface area contributed by atoms with Crippen LogP contribution in [-0.2, 0) is 21.4 Å². The fourth-order valence-corrected chi connectivity index (χ4v) is 3.38. The van der Waals surface area contributed by atoms with E-state index < -0.39 is 16.0 Å². The minimum absolute atomic E-state index is 0.000493. The average molecular weight is 405 g/mol. The Bertz CT molecular complexity index is 982. The molecule has 2 aromatic rings. The van der Waals surface area contributed by atoms with E-state index in [1.807, 2.05) is 6.92 Å². The minimum Gasteiger partial charge on any atom is -0.493 e. The first kappa shape index (κ1) is 21.6. The Morgan fingerprint density at radius 2 is 1.75 bits per heavy atom. The number of rotatable bonds is 8. The lowest BCUT2D eigenvalue weighted by Crippen LogP contribution is -2.22. The summed E-state index contributed by atoms with van der Waals surface area (Å²) >= 11 is 0. The number of carbonyl (C=O) groups excluding carboxylic acids is 2.